The fraction of sp³-hybridized carbons (Fsp3) is 0.231. The molecule has 108 valence electrons. The smallest absolute Gasteiger partial charge is 0.242 e. The first-order chi connectivity index (χ1) is 9.51. The first-order valence-corrected chi connectivity index (χ1v) is 7.55. The molecule has 1 aromatic carbocycles. The summed E-state index contributed by atoms with van der Waals surface area (Å²) in [6, 6.07) is 7.25. The molecule has 2 rings (SSSR count). The molecule has 0 atom stereocenters. The molecule has 2 aromatic rings. The van der Waals surface area contributed by atoms with Crippen LogP contribution in [0.5, 0.6) is 0 Å². The van der Waals surface area contributed by atoms with E-state index in [0.29, 0.717) is 12.1 Å². The van der Waals surface area contributed by atoms with Crippen molar-refractivity contribution in [1.29, 1.82) is 0 Å². The largest absolute Gasteiger partial charge is 0.363 e. The fourth-order valence-corrected chi connectivity index (χ4v) is 2.77. The zero-order chi connectivity index (χ0) is 14.6. The van der Waals surface area contributed by atoms with Crippen molar-refractivity contribution in [1.82, 2.24) is 15.0 Å². The third kappa shape index (κ3) is 3.66. The van der Waals surface area contributed by atoms with Gasteiger partial charge in [0.2, 0.25) is 10.0 Å². The maximum atomic E-state index is 12.8. The molecule has 0 unspecified atom stereocenters. The van der Waals surface area contributed by atoms with Crippen LogP contribution >= 0.6 is 0 Å². The molecule has 7 heteroatoms. The van der Waals surface area contributed by atoms with Crippen LogP contribution in [0, 0.1) is 5.82 Å². The molecule has 0 aliphatic heterocycles. The topological polar surface area (TPSA) is 74.0 Å². The van der Waals surface area contributed by atoms with Gasteiger partial charge in [-0.05, 0) is 30.8 Å². The molecule has 1 aromatic heterocycles. The maximum absolute atomic E-state index is 12.8. The molecule has 0 fully saturated rings. The van der Waals surface area contributed by atoms with Gasteiger partial charge in [0.1, 0.15) is 5.82 Å². The van der Waals surface area contributed by atoms with Crippen molar-refractivity contribution in [2.24, 2.45) is 0 Å². The molecule has 0 saturated carbocycles. The Labute approximate surface area is 117 Å². The van der Waals surface area contributed by atoms with Gasteiger partial charge in [-0.25, -0.2) is 17.5 Å². The molecule has 1 heterocycles. The number of aromatic nitrogens is 1. The van der Waals surface area contributed by atoms with E-state index in [9.17, 15) is 12.8 Å². The lowest BCUT2D eigenvalue weighted by Gasteiger charge is -2.05. The molecule has 3 N–H and O–H groups in total. The highest BCUT2D eigenvalue weighted by atomic mass is 32.2. The Morgan fingerprint density at radius 1 is 1.20 bits per heavy atom. The molecule has 0 amide bonds. The average Bonchev–Trinajstić information content (AvgIpc) is 2.88. The Hall–Kier alpha value is -1.70. The number of H-pyrrole nitrogens is 1. The summed E-state index contributed by atoms with van der Waals surface area (Å²) in [6.07, 6.45) is 1.44. The predicted molar refractivity (Wildman–Crippen MR) is 74.0 cm³/mol. The number of sulfonamides is 1. The summed E-state index contributed by atoms with van der Waals surface area (Å²) in [4.78, 5) is 3.07. The van der Waals surface area contributed by atoms with Crippen LogP contribution in [0.1, 0.15) is 11.3 Å². The van der Waals surface area contributed by atoms with E-state index in [1.165, 1.54) is 18.3 Å². The van der Waals surface area contributed by atoms with Crippen LogP contribution in [0.2, 0.25) is 0 Å². The summed E-state index contributed by atoms with van der Waals surface area (Å²) >= 11 is 0. The minimum Gasteiger partial charge on any atom is -0.363 e. The number of nitrogens with one attached hydrogen (secondary N) is 3. The Morgan fingerprint density at radius 3 is 2.55 bits per heavy atom. The van der Waals surface area contributed by atoms with Gasteiger partial charge in [0.25, 0.3) is 0 Å². The molecule has 5 nitrogen and oxygen atoms in total. The van der Waals surface area contributed by atoms with E-state index in [0.717, 1.165) is 5.69 Å². The Kier molecular flexibility index (Phi) is 4.53. The van der Waals surface area contributed by atoms with Crippen molar-refractivity contribution in [3.05, 3.63) is 53.6 Å². The number of rotatable bonds is 6. The summed E-state index contributed by atoms with van der Waals surface area (Å²) in [7, 11) is -1.79. The minimum absolute atomic E-state index is 0.120. The zero-order valence-electron chi connectivity index (χ0n) is 11.0. The van der Waals surface area contributed by atoms with Crippen LogP contribution in [-0.2, 0) is 23.1 Å². The van der Waals surface area contributed by atoms with Crippen LogP contribution in [0.25, 0.3) is 0 Å². The highest BCUT2D eigenvalue weighted by Gasteiger charge is 2.15. The summed E-state index contributed by atoms with van der Waals surface area (Å²) in [5.41, 5.74) is 1.48. The van der Waals surface area contributed by atoms with Gasteiger partial charge in [0.15, 0.2) is 0 Å². The molecule has 20 heavy (non-hydrogen) atoms. The monoisotopic (exact) mass is 297 g/mol. The highest BCUT2D eigenvalue weighted by Crippen LogP contribution is 2.11. The molecule has 0 saturated heterocycles. The number of hydrogen-bond donors (Lipinski definition) is 3. The number of halogens is 1. The maximum Gasteiger partial charge on any atom is 0.242 e. The van der Waals surface area contributed by atoms with E-state index < -0.39 is 10.0 Å². The first-order valence-electron chi connectivity index (χ1n) is 6.07. The third-order valence-electron chi connectivity index (χ3n) is 2.77. The summed E-state index contributed by atoms with van der Waals surface area (Å²) in [5.74, 6) is -0.348. The van der Waals surface area contributed by atoms with E-state index >= 15 is 0 Å². The summed E-state index contributed by atoms with van der Waals surface area (Å²) < 4.78 is 39.4. The molecule has 0 spiro atoms. The van der Waals surface area contributed by atoms with Crippen molar-refractivity contribution in [3.63, 3.8) is 0 Å². The lowest BCUT2D eigenvalue weighted by Crippen LogP contribution is -2.22. The lowest BCUT2D eigenvalue weighted by atomic mass is 10.2. The fourth-order valence-electron chi connectivity index (χ4n) is 1.73. The van der Waals surface area contributed by atoms with Crippen molar-refractivity contribution in [3.8, 4) is 0 Å². The number of aromatic amines is 1. The van der Waals surface area contributed by atoms with Crippen LogP contribution in [0.4, 0.5) is 4.39 Å². The SMILES string of the molecule is CNCc1cc(S(=O)(=O)NCc2ccc(F)cc2)c[nH]1. The Bertz CT molecular complexity index is 665. The van der Waals surface area contributed by atoms with Gasteiger partial charge >= 0.3 is 0 Å². The van der Waals surface area contributed by atoms with Gasteiger partial charge in [-0.15, -0.1) is 0 Å². The number of benzene rings is 1. The minimum atomic E-state index is -3.57. The van der Waals surface area contributed by atoms with Crippen molar-refractivity contribution in [2.75, 3.05) is 7.05 Å². The van der Waals surface area contributed by atoms with Gasteiger partial charge in [-0.2, -0.15) is 0 Å². The first kappa shape index (κ1) is 14.7. The third-order valence-corrected chi connectivity index (χ3v) is 4.15. The normalized spacial score (nSPS) is 11.7. The quantitative estimate of drug-likeness (QED) is 0.753. The van der Waals surface area contributed by atoms with Crippen LogP contribution in [0.15, 0.2) is 41.4 Å². The van der Waals surface area contributed by atoms with Gasteiger partial charge in [0.05, 0.1) is 4.90 Å². The van der Waals surface area contributed by atoms with Crippen molar-refractivity contribution < 1.29 is 12.8 Å². The van der Waals surface area contributed by atoms with Gasteiger partial charge in [0, 0.05) is 25.0 Å². The van der Waals surface area contributed by atoms with Crippen molar-refractivity contribution in [2.45, 2.75) is 18.0 Å². The van der Waals surface area contributed by atoms with E-state index in [4.69, 9.17) is 0 Å². The van der Waals surface area contributed by atoms with Crippen LogP contribution < -0.4 is 10.0 Å². The Morgan fingerprint density at radius 2 is 1.90 bits per heavy atom. The van der Waals surface area contributed by atoms with E-state index in [1.807, 2.05) is 0 Å². The molecular weight excluding hydrogens is 281 g/mol. The Balaban J connectivity index is 2.04. The highest BCUT2D eigenvalue weighted by molar-refractivity contribution is 7.89. The average molecular weight is 297 g/mol. The van der Waals surface area contributed by atoms with Crippen molar-refractivity contribution >= 4 is 10.0 Å². The summed E-state index contributed by atoms with van der Waals surface area (Å²) in [5, 5.41) is 2.93. The molecule has 0 radical (unpaired) electrons. The van der Waals surface area contributed by atoms with E-state index in [2.05, 4.69) is 15.0 Å². The van der Waals surface area contributed by atoms with Gasteiger partial charge < -0.3 is 10.3 Å². The standard InChI is InChI=1S/C13H16FN3O2S/c1-15-8-12-6-13(9-16-12)20(18,19)17-7-10-2-4-11(14)5-3-10/h2-6,9,15-17H,7-8H2,1H3. The molecule has 0 bridgehead atoms. The van der Waals surface area contributed by atoms with E-state index in [1.54, 1.807) is 25.2 Å². The predicted octanol–water partition coefficient (Wildman–Crippen LogP) is 1.35. The number of hydrogen-bond acceptors (Lipinski definition) is 3. The van der Waals surface area contributed by atoms with Gasteiger partial charge in [-0.3, -0.25) is 0 Å². The second-order valence-electron chi connectivity index (χ2n) is 4.34. The van der Waals surface area contributed by atoms with Gasteiger partial charge in [-0.1, -0.05) is 12.1 Å². The lowest BCUT2D eigenvalue weighted by molar-refractivity contribution is 0.581. The second-order valence-corrected chi connectivity index (χ2v) is 6.11. The van der Waals surface area contributed by atoms with Crippen LogP contribution in [0.3, 0.4) is 0 Å². The molecule has 0 aliphatic carbocycles. The molecule has 0 aliphatic rings. The van der Waals surface area contributed by atoms with E-state index in [-0.39, 0.29) is 17.3 Å². The molecular formula is C13H16FN3O2S. The summed E-state index contributed by atoms with van der Waals surface area (Å²) in [6.45, 7) is 0.683. The zero-order valence-corrected chi connectivity index (χ0v) is 11.8. The second kappa shape index (κ2) is 6.17. The van der Waals surface area contributed by atoms with Crippen LogP contribution in [-0.4, -0.2) is 20.4 Å².